The molecule has 0 bridgehead atoms. The number of carbonyl (C=O) groups is 1. The molecule has 0 spiro atoms. The highest BCUT2D eigenvalue weighted by molar-refractivity contribution is 5.95. The van der Waals surface area contributed by atoms with Gasteiger partial charge in [0.05, 0.1) is 40.2 Å². The number of ether oxygens (including phenoxy) is 4. The van der Waals surface area contributed by atoms with Crippen LogP contribution in [0.15, 0.2) is 72.9 Å². The number of benzene rings is 3. The second-order valence-electron chi connectivity index (χ2n) is 7.84. The monoisotopic (exact) mass is 537 g/mol. The Kier molecular flexibility index (Phi) is 8.71. The zero-order chi connectivity index (χ0) is 24.1. The van der Waals surface area contributed by atoms with Gasteiger partial charge in [0.15, 0.2) is 34.9 Å². The third-order valence-corrected chi connectivity index (χ3v) is 5.88. The summed E-state index contributed by atoms with van der Waals surface area (Å²) >= 11 is 0. The molecule has 4 rings (SSSR count). The number of halogens is 1. The number of hydrogen-bond donors (Lipinski definition) is 0. The first kappa shape index (κ1) is 26.0. The van der Waals surface area contributed by atoms with Gasteiger partial charge in [-0.2, -0.15) is 4.57 Å². The minimum absolute atomic E-state index is 0. The highest BCUT2D eigenvalue weighted by Crippen LogP contribution is 2.34. The summed E-state index contributed by atoms with van der Waals surface area (Å²) in [6, 6.07) is 21.1. The molecule has 0 atom stereocenters. The summed E-state index contributed by atoms with van der Waals surface area (Å²) in [6.45, 7) is 0.219. The van der Waals surface area contributed by atoms with Crippen molar-refractivity contribution in [1.82, 2.24) is 0 Å². The number of methoxy groups -OCH3 is 4. The zero-order valence-corrected chi connectivity index (χ0v) is 21.8. The smallest absolute Gasteiger partial charge is 0.227 e. The van der Waals surface area contributed by atoms with Crippen LogP contribution in [0.3, 0.4) is 0 Å². The highest BCUT2D eigenvalue weighted by Gasteiger charge is 2.22. The number of pyridine rings is 1. The second-order valence-corrected chi connectivity index (χ2v) is 7.84. The molecule has 0 aliphatic carbocycles. The minimum Gasteiger partial charge on any atom is -1.00 e. The molecular formula is C28H28BrNO5. The normalized spacial score (nSPS) is 10.4. The summed E-state index contributed by atoms with van der Waals surface area (Å²) in [5.41, 5.74) is 2.69. The van der Waals surface area contributed by atoms with Gasteiger partial charge >= 0.3 is 0 Å². The summed E-state index contributed by atoms with van der Waals surface area (Å²) in [5.74, 6) is 2.66. The summed E-state index contributed by atoms with van der Waals surface area (Å²) in [5, 5.41) is 1.98. The van der Waals surface area contributed by atoms with Crippen LogP contribution in [-0.4, -0.2) is 34.2 Å². The van der Waals surface area contributed by atoms with E-state index in [1.807, 2.05) is 77.5 Å². The number of nitrogens with zero attached hydrogens (tertiary/aromatic N) is 1. The minimum atomic E-state index is 0. The third-order valence-electron chi connectivity index (χ3n) is 5.88. The Bertz CT molecular complexity index is 1320. The molecule has 1 heterocycles. The number of ketones is 1. The van der Waals surface area contributed by atoms with Gasteiger partial charge in [-0.1, -0.05) is 36.4 Å². The van der Waals surface area contributed by atoms with E-state index < -0.39 is 0 Å². The van der Waals surface area contributed by atoms with E-state index in [0.29, 0.717) is 35.0 Å². The van der Waals surface area contributed by atoms with Crippen LogP contribution < -0.4 is 40.5 Å². The molecule has 7 heteroatoms. The number of carbonyl (C=O) groups excluding carboxylic acids is 1. The van der Waals surface area contributed by atoms with Gasteiger partial charge in [-0.15, -0.1) is 0 Å². The van der Waals surface area contributed by atoms with E-state index >= 15 is 0 Å². The standard InChI is InChI=1S/C28H28NO5.BrH/c1-31-25-11-10-19(15-26(25)32-2)14-23-22-17-28(34-4)27(33-3)16-21(22)12-13-29(23)18-24(30)20-8-6-5-7-9-20;/h5-13,15-17H,14,18H2,1-4H3;1H/q+1;/p-1. The first-order valence-corrected chi connectivity index (χ1v) is 10.9. The Hall–Kier alpha value is -3.58. The van der Waals surface area contributed by atoms with Crippen LogP contribution in [0.4, 0.5) is 0 Å². The first-order chi connectivity index (χ1) is 16.6. The fraction of sp³-hybridized carbons (Fsp3) is 0.214. The second kappa shape index (κ2) is 11.7. The van der Waals surface area contributed by atoms with Gasteiger partial charge in [0.25, 0.3) is 0 Å². The largest absolute Gasteiger partial charge is 1.00 e. The van der Waals surface area contributed by atoms with E-state index in [1.165, 1.54) is 0 Å². The lowest BCUT2D eigenvalue weighted by Gasteiger charge is -2.13. The molecule has 0 N–H and O–H groups in total. The van der Waals surface area contributed by atoms with E-state index in [-0.39, 0.29) is 29.3 Å². The summed E-state index contributed by atoms with van der Waals surface area (Å²) < 4.78 is 24.0. The third kappa shape index (κ3) is 5.57. The molecular weight excluding hydrogens is 510 g/mol. The zero-order valence-electron chi connectivity index (χ0n) is 20.2. The molecule has 3 aromatic carbocycles. The molecule has 1 aromatic heterocycles. The van der Waals surface area contributed by atoms with Crippen molar-refractivity contribution in [1.29, 1.82) is 0 Å². The number of aromatic nitrogens is 1. The highest BCUT2D eigenvalue weighted by atomic mass is 79.9. The van der Waals surface area contributed by atoms with Gasteiger partial charge in [0.2, 0.25) is 12.3 Å². The fourth-order valence-electron chi connectivity index (χ4n) is 4.10. The predicted molar refractivity (Wildman–Crippen MR) is 130 cm³/mol. The Labute approximate surface area is 215 Å². The van der Waals surface area contributed by atoms with Crippen LogP contribution in [0.5, 0.6) is 23.0 Å². The van der Waals surface area contributed by atoms with E-state index in [2.05, 4.69) is 0 Å². The molecule has 182 valence electrons. The van der Waals surface area contributed by atoms with Crippen molar-refractivity contribution in [3.8, 4) is 23.0 Å². The van der Waals surface area contributed by atoms with E-state index in [0.717, 1.165) is 22.0 Å². The number of Topliss-reactive ketones (excluding diaryl/α,β-unsaturated/α-hetero) is 1. The van der Waals surface area contributed by atoms with E-state index in [9.17, 15) is 4.79 Å². The quantitative estimate of drug-likeness (QED) is 0.240. The maximum absolute atomic E-state index is 13.1. The Balaban J connectivity index is 0.00000342. The fourth-order valence-corrected chi connectivity index (χ4v) is 4.10. The van der Waals surface area contributed by atoms with Crippen molar-refractivity contribution in [3.63, 3.8) is 0 Å². The van der Waals surface area contributed by atoms with Crippen molar-refractivity contribution in [3.05, 3.63) is 89.7 Å². The number of rotatable bonds is 9. The molecule has 0 aliphatic rings. The lowest BCUT2D eigenvalue weighted by Crippen LogP contribution is -3.00. The topological polar surface area (TPSA) is 57.9 Å². The Morgan fingerprint density at radius 2 is 1.37 bits per heavy atom. The molecule has 0 saturated heterocycles. The average molecular weight is 538 g/mol. The van der Waals surface area contributed by atoms with Crippen LogP contribution in [-0.2, 0) is 13.0 Å². The molecule has 4 aromatic rings. The van der Waals surface area contributed by atoms with Gasteiger partial charge in [-0.3, -0.25) is 4.79 Å². The Morgan fingerprint density at radius 1 is 0.743 bits per heavy atom. The molecule has 6 nitrogen and oxygen atoms in total. The van der Waals surface area contributed by atoms with Crippen LogP contribution in [0.25, 0.3) is 10.8 Å². The van der Waals surface area contributed by atoms with Crippen LogP contribution in [0.1, 0.15) is 21.6 Å². The predicted octanol–water partition coefficient (Wildman–Crippen LogP) is 1.64. The van der Waals surface area contributed by atoms with Gasteiger partial charge in [-0.25, -0.2) is 0 Å². The molecule has 0 amide bonds. The maximum Gasteiger partial charge on any atom is 0.227 e. The summed E-state index contributed by atoms with van der Waals surface area (Å²) in [7, 11) is 6.48. The molecule has 0 fully saturated rings. The van der Waals surface area contributed by atoms with Crippen molar-refractivity contribution in [2.75, 3.05) is 28.4 Å². The maximum atomic E-state index is 13.1. The van der Waals surface area contributed by atoms with Crippen LogP contribution >= 0.6 is 0 Å². The lowest BCUT2D eigenvalue weighted by molar-refractivity contribution is -0.688. The van der Waals surface area contributed by atoms with Crippen molar-refractivity contribution >= 4 is 16.6 Å². The van der Waals surface area contributed by atoms with Crippen molar-refractivity contribution in [2.45, 2.75) is 13.0 Å². The van der Waals surface area contributed by atoms with Crippen LogP contribution in [0.2, 0.25) is 0 Å². The number of hydrogen-bond acceptors (Lipinski definition) is 5. The SMILES string of the molecule is COc1ccc(Cc2c3cc(OC)c(OC)cc3cc[n+]2CC(=O)c2ccccc2)cc1OC.[Br-]. The van der Waals surface area contributed by atoms with Gasteiger partial charge in [0.1, 0.15) is 0 Å². The van der Waals surface area contributed by atoms with Crippen LogP contribution in [0, 0.1) is 0 Å². The molecule has 0 unspecified atom stereocenters. The summed E-state index contributed by atoms with van der Waals surface area (Å²) in [4.78, 5) is 13.1. The number of fused-ring (bicyclic) bond motifs is 1. The van der Waals surface area contributed by atoms with Crippen molar-refractivity contribution in [2.24, 2.45) is 0 Å². The van der Waals surface area contributed by atoms with E-state index in [1.54, 1.807) is 28.4 Å². The molecule has 0 aliphatic heterocycles. The average Bonchev–Trinajstić information content (AvgIpc) is 2.89. The molecule has 0 radical (unpaired) electrons. The van der Waals surface area contributed by atoms with Gasteiger partial charge in [0, 0.05) is 11.6 Å². The first-order valence-electron chi connectivity index (χ1n) is 10.9. The van der Waals surface area contributed by atoms with E-state index in [4.69, 9.17) is 18.9 Å². The van der Waals surface area contributed by atoms with Crippen molar-refractivity contribution < 1.29 is 45.3 Å². The molecule has 35 heavy (non-hydrogen) atoms. The summed E-state index contributed by atoms with van der Waals surface area (Å²) in [6.07, 6.45) is 2.53. The lowest BCUT2D eigenvalue weighted by atomic mass is 10.0. The van der Waals surface area contributed by atoms with Gasteiger partial charge < -0.3 is 35.9 Å². The molecule has 0 saturated carbocycles. The van der Waals surface area contributed by atoms with Gasteiger partial charge in [-0.05, 0) is 35.2 Å². The Morgan fingerprint density at radius 3 is 2.03 bits per heavy atom.